The van der Waals surface area contributed by atoms with Crippen LogP contribution in [0.3, 0.4) is 0 Å². The number of amides is 2. The van der Waals surface area contributed by atoms with Gasteiger partial charge < -0.3 is 20.5 Å². The molecule has 0 aromatic heterocycles. The van der Waals surface area contributed by atoms with E-state index >= 15 is 0 Å². The van der Waals surface area contributed by atoms with Gasteiger partial charge in [0.2, 0.25) is 0 Å². The predicted molar refractivity (Wildman–Crippen MR) is 73.4 cm³/mol. The maximum atomic E-state index is 12.3. The Bertz CT molecular complexity index is 528. The maximum absolute atomic E-state index is 12.3. The lowest BCUT2D eigenvalue weighted by Crippen LogP contribution is -2.60. The lowest BCUT2D eigenvalue weighted by atomic mass is 10.0. The first-order valence-electron chi connectivity index (χ1n) is 6.52. The van der Waals surface area contributed by atoms with Gasteiger partial charge in [-0.05, 0) is 25.5 Å². The summed E-state index contributed by atoms with van der Waals surface area (Å²) in [6.45, 7) is 3.06. The molecule has 1 aliphatic rings. The van der Waals surface area contributed by atoms with Gasteiger partial charge in [-0.3, -0.25) is 9.59 Å². The topological polar surface area (TPSA) is 87.7 Å². The molecule has 0 saturated heterocycles. The molecular weight excluding hydrogens is 260 g/mol. The van der Waals surface area contributed by atoms with Crippen LogP contribution in [0.4, 0.5) is 5.69 Å². The molecule has 2 atom stereocenters. The normalized spacial score (nSPS) is 22.2. The number of hydrogen-bond donors (Lipinski definition) is 3. The van der Waals surface area contributed by atoms with E-state index in [-0.39, 0.29) is 6.61 Å². The van der Waals surface area contributed by atoms with E-state index in [1.165, 1.54) is 6.92 Å². The average molecular weight is 278 g/mol. The summed E-state index contributed by atoms with van der Waals surface area (Å²) in [6, 6.07) is 6.52. The number of aliphatic hydroxyl groups excluding tert-OH is 1. The second kappa shape index (κ2) is 5.50. The molecule has 0 spiro atoms. The molecular formula is C14H18N2O4. The molecule has 0 bridgehead atoms. The van der Waals surface area contributed by atoms with Crippen molar-refractivity contribution in [1.29, 1.82) is 0 Å². The summed E-state index contributed by atoms with van der Waals surface area (Å²) < 4.78 is 5.58. The fourth-order valence-corrected chi connectivity index (χ4v) is 1.92. The molecule has 1 aromatic carbocycles. The van der Waals surface area contributed by atoms with E-state index in [9.17, 15) is 9.59 Å². The number of hydrogen-bond acceptors (Lipinski definition) is 4. The molecule has 6 heteroatoms. The lowest BCUT2D eigenvalue weighted by Gasteiger charge is -2.34. The largest absolute Gasteiger partial charge is 0.466 e. The summed E-state index contributed by atoms with van der Waals surface area (Å²) >= 11 is 0. The molecule has 0 aliphatic carbocycles. The van der Waals surface area contributed by atoms with Crippen LogP contribution in [-0.4, -0.2) is 35.2 Å². The third-order valence-corrected chi connectivity index (χ3v) is 3.36. The van der Waals surface area contributed by atoms with Crippen LogP contribution in [0.15, 0.2) is 24.3 Å². The number of anilines is 1. The van der Waals surface area contributed by atoms with Gasteiger partial charge >= 0.3 is 0 Å². The van der Waals surface area contributed by atoms with Crippen molar-refractivity contribution in [3.05, 3.63) is 24.3 Å². The number of benzene rings is 1. The van der Waals surface area contributed by atoms with Crippen molar-refractivity contribution >= 4 is 17.5 Å². The third-order valence-electron chi connectivity index (χ3n) is 3.36. The molecule has 0 saturated carbocycles. The van der Waals surface area contributed by atoms with Crippen LogP contribution >= 0.6 is 0 Å². The summed E-state index contributed by atoms with van der Waals surface area (Å²) in [5.74, 6) is -0.645. The van der Waals surface area contributed by atoms with Gasteiger partial charge in [-0.2, -0.15) is 0 Å². The molecule has 20 heavy (non-hydrogen) atoms. The quantitative estimate of drug-likeness (QED) is 0.706. The molecule has 0 fully saturated rings. The Kier molecular flexibility index (Phi) is 3.94. The van der Waals surface area contributed by atoms with Crippen molar-refractivity contribution in [1.82, 2.24) is 5.32 Å². The molecule has 0 radical (unpaired) electrons. The maximum Gasteiger partial charge on any atom is 0.278 e. The number of rotatable bonds is 4. The summed E-state index contributed by atoms with van der Waals surface area (Å²) in [5.41, 5.74) is -1.10. The molecule has 2 unspecified atom stereocenters. The highest BCUT2D eigenvalue weighted by Gasteiger charge is 2.47. The van der Waals surface area contributed by atoms with Crippen molar-refractivity contribution in [2.75, 3.05) is 11.9 Å². The molecule has 3 N–H and O–H groups in total. The minimum Gasteiger partial charge on any atom is -0.466 e. The molecule has 108 valence electrons. The Morgan fingerprint density at radius 2 is 2.20 bits per heavy atom. The summed E-state index contributed by atoms with van der Waals surface area (Å²) in [6.07, 6.45) is 0.566. The standard InChI is InChI=1S/C14H18N2O4/c1-3-9(8-17)15-12(18)14(2)13(19)16-10-6-4-5-7-11(10)20-14/h4-7,9,17H,3,8H2,1-2H3,(H,15,18)(H,16,19). The molecule has 2 amide bonds. The Labute approximate surface area is 117 Å². The summed E-state index contributed by atoms with van der Waals surface area (Å²) in [7, 11) is 0. The fraction of sp³-hybridized carbons (Fsp3) is 0.429. The van der Waals surface area contributed by atoms with E-state index in [4.69, 9.17) is 9.84 Å². The van der Waals surface area contributed by atoms with Gasteiger partial charge in [-0.25, -0.2) is 0 Å². The van der Waals surface area contributed by atoms with Crippen LogP contribution < -0.4 is 15.4 Å². The minimum atomic E-state index is -1.64. The Hall–Kier alpha value is -2.08. The van der Waals surface area contributed by atoms with Gasteiger partial charge in [-0.15, -0.1) is 0 Å². The zero-order chi connectivity index (χ0) is 14.8. The van der Waals surface area contributed by atoms with Gasteiger partial charge in [0, 0.05) is 0 Å². The molecule has 1 heterocycles. The van der Waals surface area contributed by atoms with Gasteiger partial charge in [0.1, 0.15) is 5.75 Å². The third kappa shape index (κ3) is 2.46. The van der Waals surface area contributed by atoms with Crippen molar-refractivity contribution in [3.63, 3.8) is 0 Å². The first-order valence-corrected chi connectivity index (χ1v) is 6.52. The van der Waals surface area contributed by atoms with Crippen molar-refractivity contribution < 1.29 is 19.4 Å². The number of aliphatic hydroxyl groups is 1. The van der Waals surface area contributed by atoms with Gasteiger partial charge in [0.15, 0.2) is 0 Å². The SMILES string of the molecule is CCC(CO)NC(=O)C1(C)Oc2ccccc2NC1=O. The van der Waals surface area contributed by atoms with Crippen LogP contribution in [-0.2, 0) is 9.59 Å². The average Bonchev–Trinajstić information content (AvgIpc) is 2.45. The van der Waals surface area contributed by atoms with E-state index in [0.717, 1.165) is 0 Å². The van der Waals surface area contributed by atoms with Crippen molar-refractivity contribution in [3.8, 4) is 5.75 Å². The fourth-order valence-electron chi connectivity index (χ4n) is 1.92. The summed E-state index contributed by atoms with van der Waals surface area (Å²) in [5, 5.41) is 14.4. The number of para-hydroxylation sites is 2. The Morgan fingerprint density at radius 3 is 2.85 bits per heavy atom. The number of nitrogens with one attached hydrogen (secondary N) is 2. The highest BCUT2D eigenvalue weighted by Crippen LogP contribution is 2.33. The Balaban J connectivity index is 2.22. The van der Waals surface area contributed by atoms with E-state index < -0.39 is 23.5 Å². The van der Waals surface area contributed by atoms with Crippen LogP contribution in [0.1, 0.15) is 20.3 Å². The van der Waals surface area contributed by atoms with E-state index in [0.29, 0.717) is 17.9 Å². The van der Waals surface area contributed by atoms with E-state index in [1.807, 2.05) is 6.92 Å². The van der Waals surface area contributed by atoms with Gasteiger partial charge in [-0.1, -0.05) is 19.1 Å². The smallest absolute Gasteiger partial charge is 0.278 e. The predicted octanol–water partition coefficient (Wildman–Crippen LogP) is 0.663. The molecule has 2 rings (SSSR count). The van der Waals surface area contributed by atoms with Crippen molar-refractivity contribution in [2.45, 2.75) is 31.9 Å². The molecule has 1 aromatic rings. The highest BCUT2D eigenvalue weighted by molar-refractivity contribution is 6.15. The van der Waals surface area contributed by atoms with Crippen molar-refractivity contribution in [2.24, 2.45) is 0 Å². The van der Waals surface area contributed by atoms with Crippen LogP contribution in [0, 0.1) is 0 Å². The monoisotopic (exact) mass is 278 g/mol. The van der Waals surface area contributed by atoms with E-state index in [2.05, 4.69) is 10.6 Å². The number of fused-ring (bicyclic) bond motifs is 1. The number of ether oxygens (including phenoxy) is 1. The molecule has 6 nitrogen and oxygen atoms in total. The number of carbonyl (C=O) groups excluding carboxylic acids is 2. The second-order valence-electron chi connectivity index (χ2n) is 4.85. The zero-order valence-corrected chi connectivity index (χ0v) is 11.5. The van der Waals surface area contributed by atoms with Gasteiger partial charge in [0.05, 0.1) is 18.3 Å². The summed E-state index contributed by atoms with van der Waals surface area (Å²) in [4.78, 5) is 24.4. The first kappa shape index (κ1) is 14.3. The van der Waals surface area contributed by atoms with Crippen LogP contribution in [0.25, 0.3) is 0 Å². The second-order valence-corrected chi connectivity index (χ2v) is 4.85. The Morgan fingerprint density at radius 1 is 1.50 bits per heavy atom. The lowest BCUT2D eigenvalue weighted by molar-refractivity contribution is -0.147. The minimum absolute atomic E-state index is 0.184. The highest BCUT2D eigenvalue weighted by atomic mass is 16.5. The van der Waals surface area contributed by atoms with E-state index in [1.54, 1.807) is 24.3 Å². The first-order chi connectivity index (χ1) is 9.51. The van der Waals surface area contributed by atoms with Crippen LogP contribution in [0.2, 0.25) is 0 Å². The number of carbonyl (C=O) groups is 2. The van der Waals surface area contributed by atoms with Crippen LogP contribution in [0.5, 0.6) is 5.75 Å². The molecule has 1 aliphatic heterocycles. The van der Waals surface area contributed by atoms with Gasteiger partial charge in [0.25, 0.3) is 17.4 Å². The zero-order valence-electron chi connectivity index (χ0n) is 11.5.